The van der Waals surface area contributed by atoms with Crippen LogP contribution in [0.1, 0.15) is 6.92 Å². The van der Waals surface area contributed by atoms with Gasteiger partial charge in [-0.25, -0.2) is 4.99 Å². The topological polar surface area (TPSA) is 66.2 Å². The molecule has 2 atom stereocenters. The van der Waals surface area contributed by atoms with Gasteiger partial charge in [-0.1, -0.05) is 0 Å². The molecule has 0 saturated carbocycles. The summed E-state index contributed by atoms with van der Waals surface area (Å²) in [6.07, 6.45) is 2.63. The zero-order valence-corrected chi connectivity index (χ0v) is 6.56. The largest absolute Gasteiger partial charge is 0.316 e. The summed E-state index contributed by atoms with van der Waals surface area (Å²) in [7, 11) is 0. The molecule has 5 heteroatoms. The molecule has 0 aromatic rings. The van der Waals surface area contributed by atoms with Gasteiger partial charge in [0.05, 0.1) is 6.34 Å². The van der Waals surface area contributed by atoms with E-state index in [1.54, 1.807) is 6.20 Å². The second-order valence-electron chi connectivity index (χ2n) is 2.78. The Labute approximate surface area is 69.3 Å². The molecule has 62 valence electrons. The molecule has 0 fully saturated rings. The Morgan fingerprint density at radius 1 is 1.58 bits per heavy atom. The Bertz CT molecular complexity index is 305. The lowest BCUT2D eigenvalue weighted by Gasteiger charge is -2.24. The molecule has 0 aromatic carbocycles. The van der Waals surface area contributed by atoms with Crippen molar-refractivity contribution in [3.8, 4) is 0 Å². The number of carbonyl (C=O) groups is 1. The highest BCUT2D eigenvalue weighted by Gasteiger charge is 2.33. The SMILES string of the molecule is CC1=CN=NC2N=CNC(=O)C12. The molecule has 0 spiro atoms. The molecule has 2 aliphatic heterocycles. The highest BCUT2D eigenvalue weighted by molar-refractivity contribution is 5.93. The Kier molecular flexibility index (Phi) is 1.49. The first kappa shape index (κ1) is 7.15. The van der Waals surface area contributed by atoms with Crippen LogP contribution in [0, 0.1) is 5.92 Å². The predicted molar refractivity (Wildman–Crippen MR) is 42.5 cm³/mol. The molecule has 0 aliphatic carbocycles. The number of amides is 1. The number of nitrogens with one attached hydrogen (secondary N) is 1. The zero-order chi connectivity index (χ0) is 8.55. The summed E-state index contributed by atoms with van der Waals surface area (Å²) < 4.78 is 0. The fourth-order valence-corrected chi connectivity index (χ4v) is 1.30. The average Bonchev–Trinajstić information content (AvgIpc) is 2.04. The molecular formula is C7H8N4O. The Morgan fingerprint density at radius 3 is 3.17 bits per heavy atom. The fraction of sp³-hybridized carbons (Fsp3) is 0.429. The highest BCUT2D eigenvalue weighted by atomic mass is 16.2. The van der Waals surface area contributed by atoms with E-state index in [1.165, 1.54) is 6.34 Å². The number of aliphatic imine (C=N–C) groups is 1. The van der Waals surface area contributed by atoms with E-state index in [2.05, 4.69) is 20.5 Å². The van der Waals surface area contributed by atoms with Gasteiger partial charge in [0.15, 0.2) is 6.17 Å². The van der Waals surface area contributed by atoms with Gasteiger partial charge in [-0.15, -0.1) is 0 Å². The maximum Gasteiger partial charge on any atom is 0.236 e. The molecule has 1 N–H and O–H groups in total. The third kappa shape index (κ3) is 0.939. The third-order valence-electron chi connectivity index (χ3n) is 1.95. The van der Waals surface area contributed by atoms with Crippen molar-refractivity contribution in [3.05, 3.63) is 11.8 Å². The summed E-state index contributed by atoms with van der Waals surface area (Å²) in [5, 5.41) is 10.1. The van der Waals surface area contributed by atoms with E-state index in [-0.39, 0.29) is 18.0 Å². The number of hydrogen-bond donors (Lipinski definition) is 1. The van der Waals surface area contributed by atoms with Crippen molar-refractivity contribution in [2.24, 2.45) is 21.1 Å². The molecular weight excluding hydrogens is 156 g/mol. The first-order valence-electron chi connectivity index (χ1n) is 3.67. The maximum atomic E-state index is 11.3. The zero-order valence-electron chi connectivity index (χ0n) is 6.56. The molecule has 0 bridgehead atoms. The van der Waals surface area contributed by atoms with Crippen molar-refractivity contribution in [2.75, 3.05) is 0 Å². The molecule has 2 aliphatic rings. The smallest absolute Gasteiger partial charge is 0.236 e. The van der Waals surface area contributed by atoms with Crippen LogP contribution in [0.5, 0.6) is 0 Å². The van der Waals surface area contributed by atoms with Crippen LogP contribution in [0.25, 0.3) is 0 Å². The number of azo groups is 1. The van der Waals surface area contributed by atoms with E-state index in [0.717, 1.165) is 5.57 Å². The monoisotopic (exact) mass is 164 g/mol. The number of fused-ring (bicyclic) bond motifs is 1. The van der Waals surface area contributed by atoms with Gasteiger partial charge in [-0.05, 0) is 12.5 Å². The molecule has 1 amide bonds. The Morgan fingerprint density at radius 2 is 2.42 bits per heavy atom. The van der Waals surface area contributed by atoms with Crippen LogP contribution in [0.2, 0.25) is 0 Å². The normalized spacial score (nSPS) is 32.4. The summed E-state index contributed by atoms with van der Waals surface area (Å²) in [6.45, 7) is 1.86. The van der Waals surface area contributed by atoms with Gasteiger partial charge in [0.25, 0.3) is 0 Å². The maximum absolute atomic E-state index is 11.3. The lowest BCUT2D eigenvalue weighted by molar-refractivity contribution is -0.123. The minimum atomic E-state index is -0.344. The van der Waals surface area contributed by atoms with Crippen molar-refractivity contribution < 1.29 is 4.79 Å². The Balaban J connectivity index is 2.37. The lowest BCUT2D eigenvalue weighted by Crippen LogP contribution is -2.41. The van der Waals surface area contributed by atoms with Crippen molar-refractivity contribution in [3.63, 3.8) is 0 Å². The van der Waals surface area contributed by atoms with Gasteiger partial charge in [0.1, 0.15) is 5.92 Å². The minimum Gasteiger partial charge on any atom is -0.316 e. The molecule has 0 radical (unpaired) electrons. The second kappa shape index (κ2) is 2.51. The van der Waals surface area contributed by atoms with Crippen LogP contribution in [0.3, 0.4) is 0 Å². The van der Waals surface area contributed by atoms with Crippen molar-refractivity contribution >= 4 is 12.2 Å². The summed E-state index contributed by atoms with van der Waals surface area (Å²) in [4.78, 5) is 15.3. The molecule has 2 heterocycles. The van der Waals surface area contributed by atoms with Gasteiger partial charge in [0.2, 0.25) is 5.91 Å². The first-order chi connectivity index (χ1) is 5.79. The van der Waals surface area contributed by atoms with E-state index in [4.69, 9.17) is 0 Å². The number of nitrogens with zero attached hydrogens (tertiary/aromatic N) is 3. The highest BCUT2D eigenvalue weighted by Crippen LogP contribution is 2.24. The van der Waals surface area contributed by atoms with Crippen molar-refractivity contribution in [1.29, 1.82) is 0 Å². The summed E-state index contributed by atoms with van der Waals surface area (Å²) in [6, 6.07) is 0. The van der Waals surface area contributed by atoms with E-state index in [0.29, 0.717) is 0 Å². The van der Waals surface area contributed by atoms with Crippen molar-refractivity contribution in [2.45, 2.75) is 13.1 Å². The number of rotatable bonds is 0. The van der Waals surface area contributed by atoms with E-state index in [1.807, 2.05) is 6.92 Å². The second-order valence-corrected chi connectivity index (χ2v) is 2.78. The van der Waals surface area contributed by atoms with Gasteiger partial charge >= 0.3 is 0 Å². The fourth-order valence-electron chi connectivity index (χ4n) is 1.30. The Hall–Kier alpha value is -1.52. The van der Waals surface area contributed by atoms with Crippen LogP contribution >= 0.6 is 0 Å². The van der Waals surface area contributed by atoms with E-state index >= 15 is 0 Å². The number of carbonyl (C=O) groups excluding carboxylic acids is 1. The molecule has 0 aromatic heterocycles. The minimum absolute atomic E-state index is 0.0533. The lowest BCUT2D eigenvalue weighted by atomic mass is 9.96. The van der Waals surface area contributed by atoms with Crippen molar-refractivity contribution in [1.82, 2.24) is 5.32 Å². The third-order valence-corrected chi connectivity index (χ3v) is 1.95. The van der Waals surface area contributed by atoms with E-state index < -0.39 is 0 Å². The van der Waals surface area contributed by atoms with Gasteiger partial charge in [-0.3, -0.25) is 4.79 Å². The molecule has 12 heavy (non-hydrogen) atoms. The van der Waals surface area contributed by atoms with E-state index in [9.17, 15) is 4.79 Å². The molecule has 5 nitrogen and oxygen atoms in total. The summed E-state index contributed by atoms with van der Waals surface area (Å²) in [5.41, 5.74) is 0.907. The predicted octanol–water partition coefficient (Wildman–Crippen LogP) is 0.456. The molecule has 2 rings (SSSR count). The summed E-state index contributed by atoms with van der Waals surface area (Å²) >= 11 is 0. The molecule has 2 unspecified atom stereocenters. The van der Waals surface area contributed by atoms with Crippen LogP contribution < -0.4 is 5.32 Å². The van der Waals surface area contributed by atoms with Gasteiger partial charge in [0, 0.05) is 6.20 Å². The number of hydrogen-bond acceptors (Lipinski definition) is 4. The van der Waals surface area contributed by atoms with Gasteiger partial charge < -0.3 is 5.32 Å². The standard InChI is InChI=1S/C7H8N4O/c1-4-2-10-11-6-5(4)7(12)9-3-8-6/h2-3,5-6H,1H3,(H,8,9,12). The first-order valence-corrected chi connectivity index (χ1v) is 3.67. The van der Waals surface area contributed by atoms with Crippen LogP contribution in [-0.4, -0.2) is 18.4 Å². The molecule has 0 saturated heterocycles. The van der Waals surface area contributed by atoms with Crippen LogP contribution in [0.15, 0.2) is 27.0 Å². The van der Waals surface area contributed by atoms with Gasteiger partial charge in [-0.2, -0.15) is 10.2 Å². The average molecular weight is 164 g/mol. The quantitative estimate of drug-likeness (QED) is 0.555. The van der Waals surface area contributed by atoms with Crippen LogP contribution in [-0.2, 0) is 4.79 Å². The summed E-state index contributed by atoms with van der Waals surface area (Å²) in [5.74, 6) is -0.310. The van der Waals surface area contributed by atoms with Crippen LogP contribution in [0.4, 0.5) is 0 Å².